The van der Waals surface area contributed by atoms with Gasteiger partial charge in [-0.25, -0.2) is 4.79 Å². The van der Waals surface area contributed by atoms with Gasteiger partial charge in [-0.3, -0.25) is 4.90 Å². The van der Waals surface area contributed by atoms with Crippen LogP contribution < -0.4 is 10.6 Å². The van der Waals surface area contributed by atoms with Crippen molar-refractivity contribution in [3.63, 3.8) is 0 Å². The van der Waals surface area contributed by atoms with Gasteiger partial charge in [0.1, 0.15) is 0 Å². The summed E-state index contributed by atoms with van der Waals surface area (Å²) in [7, 11) is 0. The number of urea groups is 1. The highest BCUT2D eigenvalue weighted by molar-refractivity contribution is 5.91. The minimum atomic E-state index is -0.0917. The molecule has 0 spiro atoms. The quantitative estimate of drug-likeness (QED) is 0.823. The molecule has 5 nitrogen and oxygen atoms in total. The Balaban J connectivity index is 1.31. The Morgan fingerprint density at radius 1 is 1.21 bits per heavy atom. The van der Waals surface area contributed by atoms with E-state index in [1.807, 2.05) is 36.8 Å². The van der Waals surface area contributed by atoms with Crippen molar-refractivity contribution in [1.82, 2.24) is 15.1 Å². The second-order valence-corrected chi connectivity index (χ2v) is 8.40. The Bertz CT molecular complexity index is 798. The summed E-state index contributed by atoms with van der Waals surface area (Å²) in [6, 6.07) is 8.33. The molecule has 2 N–H and O–H groups in total. The number of nitrogens with zero attached hydrogens (tertiary/aromatic N) is 2. The predicted molar refractivity (Wildman–Crippen MR) is 114 cm³/mol. The van der Waals surface area contributed by atoms with Gasteiger partial charge in [0, 0.05) is 30.8 Å². The Morgan fingerprint density at radius 2 is 1.96 bits per heavy atom. The molecule has 1 aromatic rings. The third-order valence-electron chi connectivity index (χ3n) is 5.73. The van der Waals surface area contributed by atoms with Gasteiger partial charge in [0.25, 0.3) is 0 Å². The summed E-state index contributed by atoms with van der Waals surface area (Å²) in [5.74, 6) is 1.36. The highest BCUT2D eigenvalue weighted by Gasteiger charge is 2.23. The number of hydrogen-bond donors (Lipinski definition) is 2. The zero-order valence-corrected chi connectivity index (χ0v) is 16.8. The molecule has 0 saturated carbocycles. The highest BCUT2D eigenvalue weighted by atomic mass is 16.2. The zero-order chi connectivity index (χ0) is 19.5. The van der Waals surface area contributed by atoms with Crippen molar-refractivity contribution in [2.24, 2.45) is 5.92 Å². The lowest BCUT2D eigenvalue weighted by molar-refractivity contribution is 0.192. The number of amides is 2. The normalized spacial score (nSPS) is 19.9. The van der Waals surface area contributed by atoms with Gasteiger partial charge in [-0.05, 0) is 72.7 Å². The van der Waals surface area contributed by atoms with E-state index < -0.39 is 0 Å². The van der Waals surface area contributed by atoms with Crippen LogP contribution in [-0.2, 0) is 0 Å². The van der Waals surface area contributed by atoms with Gasteiger partial charge in [-0.15, -0.1) is 0 Å². The van der Waals surface area contributed by atoms with Crippen molar-refractivity contribution in [1.29, 1.82) is 0 Å². The standard InChI is InChI=1S/C23H30N4O/c1-17(2)14-26-11-8-19(9-12-26)18-3-5-22(6-4-18)25-23(28)27-15-20-7-10-24-13-21(20)16-27/h3-7,10,13,15,17,19,24H,8-9,11-12,14,16H2,1-2H3,(H,25,28). The third kappa shape index (κ3) is 4.30. The monoisotopic (exact) mass is 378 g/mol. The average Bonchev–Trinajstić information content (AvgIpc) is 3.13. The lowest BCUT2D eigenvalue weighted by Crippen LogP contribution is -2.35. The fourth-order valence-corrected chi connectivity index (χ4v) is 4.27. The lowest BCUT2D eigenvalue weighted by atomic mass is 9.89. The number of piperidine rings is 1. The van der Waals surface area contributed by atoms with Gasteiger partial charge in [0.2, 0.25) is 0 Å². The zero-order valence-electron chi connectivity index (χ0n) is 16.8. The van der Waals surface area contributed by atoms with E-state index in [0.717, 1.165) is 22.8 Å². The summed E-state index contributed by atoms with van der Waals surface area (Å²) in [4.78, 5) is 16.9. The third-order valence-corrected chi connectivity index (χ3v) is 5.73. The number of anilines is 1. The Kier molecular flexibility index (Phi) is 5.53. The molecule has 0 aromatic heterocycles. The van der Waals surface area contributed by atoms with Crippen LogP contribution in [0.1, 0.15) is 38.2 Å². The van der Waals surface area contributed by atoms with Crippen LogP contribution in [0.25, 0.3) is 0 Å². The van der Waals surface area contributed by atoms with Crippen LogP contribution >= 0.6 is 0 Å². The van der Waals surface area contributed by atoms with E-state index in [4.69, 9.17) is 0 Å². The number of carbonyl (C=O) groups is 1. The van der Waals surface area contributed by atoms with E-state index >= 15 is 0 Å². The molecule has 0 atom stereocenters. The van der Waals surface area contributed by atoms with E-state index in [2.05, 4.69) is 41.5 Å². The van der Waals surface area contributed by atoms with E-state index in [1.165, 1.54) is 38.0 Å². The number of rotatable bonds is 4. The number of dihydropyridines is 1. The number of fused-ring (bicyclic) bond motifs is 1. The number of hydrogen-bond acceptors (Lipinski definition) is 3. The molecule has 1 aromatic carbocycles. The van der Waals surface area contributed by atoms with E-state index in [0.29, 0.717) is 12.5 Å². The molecule has 3 aliphatic heterocycles. The number of likely N-dealkylation sites (tertiary alicyclic amines) is 1. The Hall–Kier alpha value is -2.53. The Labute approximate surface area is 167 Å². The van der Waals surface area contributed by atoms with Crippen LogP contribution in [0.3, 0.4) is 0 Å². The molecule has 3 aliphatic rings. The van der Waals surface area contributed by atoms with Crippen molar-refractivity contribution >= 4 is 11.7 Å². The van der Waals surface area contributed by atoms with Gasteiger partial charge in [-0.1, -0.05) is 26.0 Å². The van der Waals surface area contributed by atoms with Crippen LogP contribution in [-0.4, -0.2) is 42.0 Å². The van der Waals surface area contributed by atoms with Crippen molar-refractivity contribution in [2.75, 3.05) is 31.5 Å². The molecule has 0 unspecified atom stereocenters. The Morgan fingerprint density at radius 3 is 2.64 bits per heavy atom. The maximum Gasteiger partial charge on any atom is 0.326 e. The molecule has 1 fully saturated rings. The van der Waals surface area contributed by atoms with Crippen LogP contribution in [0, 0.1) is 5.92 Å². The van der Waals surface area contributed by atoms with Crippen LogP contribution in [0.15, 0.2) is 60.1 Å². The summed E-state index contributed by atoms with van der Waals surface area (Å²) in [5, 5.41) is 6.08. The molecule has 3 heterocycles. The van der Waals surface area contributed by atoms with Crippen molar-refractivity contribution in [3.05, 3.63) is 65.7 Å². The van der Waals surface area contributed by atoms with Gasteiger partial charge in [0.15, 0.2) is 0 Å². The molecule has 148 valence electrons. The van der Waals surface area contributed by atoms with Crippen LogP contribution in [0.2, 0.25) is 0 Å². The largest absolute Gasteiger partial charge is 0.367 e. The smallest absolute Gasteiger partial charge is 0.326 e. The van der Waals surface area contributed by atoms with E-state index in [-0.39, 0.29) is 6.03 Å². The maximum absolute atomic E-state index is 12.6. The van der Waals surface area contributed by atoms with Gasteiger partial charge >= 0.3 is 6.03 Å². The van der Waals surface area contributed by atoms with Gasteiger partial charge < -0.3 is 15.5 Å². The number of benzene rings is 1. The van der Waals surface area contributed by atoms with E-state index in [1.54, 1.807) is 4.90 Å². The molecule has 0 radical (unpaired) electrons. The molecule has 5 heteroatoms. The van der Waals surface area contributed by atoms with Crippen molar-refractivity contribution < 1.29 is 4.79 Å². The van der Waals surface area contributed by atoms with Crippen LogP contribution in [0.5, 0.6) is 0 Å². The predicted octanol–water partition coefficient (Wildman–Crippen LogP) is 4.25. The fourth-order valence-electron chi connectivity index (χ4n) is 4.27. The first-order valence-corrected chi connectivity index (χ1v) is 10.3. The number of carbonyl (C=O) groups excluding carboxylic acids is 1. The molecule has 28 heavy (non-hydrogen) atoms. The first-order valence-electron chi connectivity index (χ1n) is 10.3. The summed E-state index contributed by atoms with van der Waals surface area (Å²) in [6.45, 7) is 8.75. The first-order chi connectivity index (χ1) is 13.6. The fraction of sp³-hybridized carbons (Fsp3) is 0.435. The lowest BCUT2D eigenvalue weighted by Gasteiger charge is -2.33. The molecular weight excluding hydrogens is 348 g/mol. The minimum Gasteiger partial charge on any atom is -0.367 e. The SMILES string of the molecule is CC(C)CN1CCC(c2ccc(NC(=O)N3C=C4C=CNC=C4C3)cc2)CC1. The van der Waals surface area contributed by atoms with Crippen molar-refractivity contribution in [2.45, 2.75) is 32.6 Å². The van der Waals surface area contributed by atoms with Crippen LogP contribution in [0.4, 0.5) is 10.5 Å². The highest BCUT2D eigenvalue weighted by Crippen LogP contribution is 2.29. The molecule has 2 amide bonds. The second-order valence-electron chi connectivity index (χ2n) is 8.40. The summed E-state index contributed by atoms with van der Waals surface area (Å²) < 4.78 is 0. The summed E-state index contributed by atoms with van der Waals surface area (Å²) in [5.41, 5.74) is 4.46. The maximum atomic E-state index is 12.6. The first kappa shape index (κ1) is 18.8. The molecule has 1 saturated heterocycles. The molecular formula is C23H30N4O. The topological polar surface area (TPSA) is 47.6 Å². The molecule has 4 rings (SSSR count). The summed E-state index contributed by atoms with van der Waals surface area (Å²) >= 11 is 0. The molecule has 0 bridgehead atoms. The minimum absolute atomic E-state index is 0.0917. The van der Waals surface area contributed by atoms with Gasteiger partial charge in [0.05, 0.1) is 6.54 Å². The molecule has 0 aliphatic carbocycles. The van der Waals surface area contributed by atoms with E-state index in [9.17, 15) is 4.79 Å². The van der Waals surface area contributed by atoms with Crippen molar-refractivity contribution in [3.8, 4) is 0 Å². The average molecular weight is 379 g/mol. The number of nitrogens with one attached hydrogen (secondary N) is 2. The second kappa shape index (κ2) is 8.23. The van der Waals surface area contributed by atoms with Gasteiger partial charge in [-0.2, -0.15) is 0 Å². The summed E-state index contributed by atoms with van der Waals surface area (Å²) in [6.07, 6.45) is 10.2. The number of allylic oxidation sites excluding steroid dienone is 1.